The predicted octanol–water partition coefficient (Wildman–Crippen LogP) is 1.71. The highest BCUT2D eigenvalue weighted by molar-refractivity contribution is 5.07. The van der Waals surface area contributed by atoms with Gasteiger partial charge in [0, 0.05) is 12.3 Å². The smallest absolute Gasteiger partial charge is 0.251 e. The molecule has 1 aromatic rings. The fourth-order valence-corrected chi connectivity index (χ4v) is 0.851. The quantitative estimate of drug-likeness (QED) is 0.657. The summed E-state index contributed by atoms with van der Waals surface area (Å²) in [5.74, 6) is 0. The van der Waals surface area contributed by atoms with E-state index in [1.807, 2.05) is 26.8 Å². The maximum atomic E-state index is 11.0. The molecular weight excluding hydrogens is 164 g/mol. The van der Waals surface area contributed by atoms with Crippen molar-refractivity contribution in [3.05, 3.63) is 34.2 Å². The molecule has 0 aliphatic carbocycles. The van der Waals surface area contributed by atoms with Gasteiger partial charge in [0.05, 0.1) is 6.07 Å². The topological polar surface area (TPSA) is 45.8 Å². The van der Waals surface area contributed by atoms with Crippen LogP contribution in [0, 0.1) is 18.3 Å². The standard InChI is InChI=1S/C8H8N2O.C2H6/c1-7-2-3-8(11)10(6-7)5-4-9;1-2/h2-3,6H,5H2,1H3;1-2H3. The minimum atomic E-state index is -0.128. The van der Waals surface area contributed by atoms with Gasteiger partial charge in [-0.3, -0.25) is 4.79 Å². The first-order valence-electron chi connectivity index (χ1n) is 4.28. The van der Waals surface area contributed by atoms with E-state index in [-0.39, 0.29) is 12.1 Å². The van der Waals surface area contributed by atoms with Gasteiger partial charge >= 0.3 is 0 Å². The van der Waals surface area contributed by atoms with Crippen LogP contribution >= 0.6 is 0 Å². The maximum Gasteiger partial charge on any atom is 0.251 e. The molecule has 3 nitrogen and oxygen atoms in total. The average molecular weight is 178 g/mol. The summed E-state index contributed by atoms with van der Waals surface area (Å²) < 4.78 is 1.38. The van der Waals surface area contributed by atoms with E-state index in [2.05, 4.69) is 0 Å². The molecule has 0 radical (unpaired) electrons. The van der Waals surface area contributed by atoms with E-state index in [0.717, 1.165) is 5.56 Å². The predicted molar refractivity (Wildman–Crippen MR) is 52.4 cm³/mol. The molecule has 0 aromatic carbocycles. The summed E-state index contributed by atoms with van der Waals surface area (Å²) in [6.45, 7) is 6.01. The van der Waals surface area contributed by atoms with E-state index in [0.29, 0.717) is 0 Å². The Kier molecular flexibility index (Phi) is 5.29. The number of hydrogen-bond donors (Lipinski definition) is 0. The highest BCUT2D eigenvalue weighted by Gasteiger charge is 1.92. The molecule has 0 saturated heterocycles. The molecule has 0 unspecified atom stereocenters. The van der Waals surface area contributed by atoms with E-state index in [1.165, 1.54) is 10.6 Å². The molecule has 3 heteroatoms. The number of aryl methyl sites for hydroxylation is 1. The second-order valence-corrected chi connectivity index (χ2v) is 2.33. The van der Waals surface area contributed by atoms with Crippen molar-refractivity contribution >= 4 is 0 Å². The Labute approximate surface area is 78.2 Å². The van der Waals surface area contributed by atoms with Gasteiger partial charge in [-0.1, -0.05) is 19.9 Å². The molecule has 0 saturated carbocycles. The van der Waals surface area contributed by atoms with Crippen LogP contribution in [-0.4, -0.2) is 4.57 Å². The Morgan fingerprint density at radius 1 is 1.46 bits per heavy atom. The van der Waals surface area contributed by atoms with Crippen LogP contribution in [0.3, 0.4) is 0 Å². The van der Waals surface area contributed by atoms with Crippen LogP contribution in [0.4, 0.5) is 0 Å². The van der Waals surface area contributed by atoms with Gasteiger partial charge in [-0.2, -0.15) is 5.26 Å². The zero-order valence-corrected chi connectivity index (χ0v) is 8.24. The summed E-state index contributed by atoms with van der Waals surface area (Å²) >= 11 is 0. The molecule has 0 aliphatic heterocycles. The summed E-state index contributed by atoms with van der Waals surface area (Å²) in [6, 6.07) is 5.11. The van der Waals surface area contributed by atoms with E-state index >= 15 is 0 Å². The highest BCUT2D eigenvalue weighted by atomic mass is 16.1. The van der Waals surface area contributed by atoms with Gasteiger partial charge < -0.3 is 4.57 Å². The van der Waals surface area contributed by atoms with Crippen LogP contribution in [0.1, 0.15) is 19.4 Å². The van der Waals surface area contributed by atoms with Crippen LogP contribution in [0.5, 0.6) is 0 Å². The van der Waals surface area contributed by atoms with Gasteiger partial charge in [0.15, 0.2) is 0 Å². The van der Waals surface area contributed by atoms with Crippen molar-refractivity contribution in [1.82, 2.24) is 4.57 Å². The second-order valence-electron chi connectivity index (χ2n) is 2.33. The molecule has 1 heterocycles. The number of nitrogens with zero attached hydrogens (tertiary/aromatic N) is 2. The number of aromatic nitrogens is 1. The first-order valence-corrected chi connectivity index (χ1v) is 4.28. The van der Waals surface area contributed by atoms with Crippen molar-refractivity contribution in [3.8, 4) is 6.07 Å². The Hall–Kier alpha value is -1.56. The average Bonchev–Trinajstić information content (AvgIpc) is 2.15. The minimum absolute atomic E-state index is 0.126. The molecule has 0 atom stereocenters. The third-order valence-electron chi connectivity index (χ3n) is 1.37. The molecule has 1 rings (SSSR count). The molecule has 0 spiro atoms. The van der Waals surface area contributed by atoms with Crippen LogP contribution in [0.2, 0.25) is 0 Å². The number of rotatable bonds is 1. The van der Waals surface area contributed by atoms with Crippen molar-refractivity contribution in [1.29, 1.82) is 5.26 Å². The molecule has 0 aliphatic rings. The summed E-state index contributed by atoms with van der Waals surface area (Å²) in [5, 5.41) is 8.33. The van der Waals surface area contributed by atoms with E-state index in [4.69, 9.17) is 5.26 Å². The molecule has 1 aromatic heterocycles. The summed E-state index contributed by atoms with van der Waals surface area (Å²) in [7, 11) is 0. The summed E-state index contributed by atoms with van der Waals surface area (Å²) in [6.07, 6.45) is 1.67. The van der Waals surface area contributed by atoms with Gasteiger partial charge in [0.2, 0.25) is 0 Å². The van der Waals surface area contributed by atoms with Crippen LogP contribution in [-0.2, 0) is 6.54 Å². The Morgan fingerprint density at radius 3 is 2.62 bits per heavy atom. The lowest BCUT2D eigenvalue weighted by molar-refractivity contribution is 0.782. The zero-order chi connectivity index (χ0) is 10.3. The zero-order valence-electron chi connectivity index (χ0n) is 8.24. The van der Waals surface area contributed by atoms with Gasteiger partial charge in [0.25, 0.3) is 5.56 Å². The maximum absolute atomic E-state index is 11.0. The van der Waals surface area contributed by atoms with E-state index in [9.17, 15) is 4.79 Å². The molecule has 13 heavy (non-hydrogen) atoms. The van der Waals surface area contributed by atoms with Gasteiger partial charge in [0.1, 0.15) is 6.54 Å². The fraction of sp³-hybridized carbons (Fsp3) is 0.400. The molecule has 0 fully saturated rings. The lowest BCUT2D eigenvalue weighted by atomic mass is 10.3. The highest BCUT2D eigenvalue weighted by Crippen LogP contribution is 1.90. The number of nitriles is 1. The van der Waals surface area contributed by atoms with Crippen molar-refractivity contribution in [2.24, 2.45) is 0 Å². The minimum Gasteiger partial charge on any atom is -0.301 e. The largest absolute Gasteiger partial charge is 0.301 e. The van der Waals surface area contributed by atoms with Crippen molar-refractivity contribution in [3.63, 3.8) is 0 Å². The van der Waals surface area contributed by atoms with E-state index in [1.54, 1.807) is 12.3 Å². The normalized spacial score (nSPS) is 8.15. The fourth-order valence-electron chi connectivity index (χ4n) is 0.851. The first kappa shape index (κ1) is 11.4. The lowest BCUT2D eigenvalue weighted by Crippen LogP contribution is -2.17. The van der Waals surface area contributed by atoms with Crippen LogP contribution in [0.25, 0.3) is 0 Å². The van der Waals surface area contributed by atoms with Crippen molar-refractivity contribution in [2.45, 2.75) is 27.3 Å². The third kappa shape index (κ3) is 3.57. The molecule has 70 valence electrons. The number of hydrogen-bond acceptors (Lipinski definition) is 2. The van der Waals surface area contributed by atoms with Crippen LogP contribution in [0.15, 0.2) is 23.1 Å². The summed E-state index contributed by atoms with van der Waals surface area (Å²) in [4.78, 5) is 11.0. The Bertz CT molecular complexity index is 347. The van der Waals surface area contributed by atoms with Gasteiger partial charge in [-0.05, 0) is 12.5 Å². The van der Waals surface area contributed by atoms with Gasteiger partial charge in [-0.25, -0.2) is 0 Å². The Morgan fingerprint density at radius 2 is 2.08 bits per heavy atom. The van der Waals surface area contributed by atoms with E-state index < -0.39 is 0 Å². The second kappa shape index (κ2) is 6.01. The number of pyridine rings is 1. The third-order valence-corrected chi connectivity index (χ3v) is 1.37. The molecular formula is C10H14N2O. The molecule has 0 bridgehead atoms. The first-order chi connectivity index (χ1) is 6.24. The monoisotopic (exact) mass is 178 g/mol. The SMILES string of the molecule is CC.Cc1ccc(=O)n(CC#N)c1. The molecule has 0 amide bonds. The van der Waals surface area contributed by atoms with Gasteiger partial charge in [-0.15, -0.1) is 0 Å². The lowest BCUT2D eigenvalue weighted by Gasteiger charge is -1.98. The van der Waals surface area contributed by atoms with Crippen molar-refractivity contribution < 1.29 is 0 Å². The van der Waals surface area contributed by atoms with Crippen LogP contribution < -0.4 is 5.56 Å². The molecule has 0 N–H and O–H groups in total. The van der Waals surface area contributed by atoms with Crippen molar-refractivity contribution in [2.75, 3.05) is 0 Å². The Balaban J connectivity index is 0.000000671. The summed E-state index contributed by atoms with van der Waals surface area (Å²) in [5.41, 5.74) is 0.858.